The minimum Gasteiger partial charge on any atom is -0.338 e. The van der Waals surface area contributed by atoms with Crippen molar-refractivity contribution in [3.8, 4) is 0 Å². The van der Waals surface area contributed by atoms with E-state index in [9.17, 15) is 0 Å². The number of thioether (sulfide) groups is 1. The van der Waals surface area contributed by atoms with Gasteiger partial charge in [-0.25, -0.2) is 0 Å². The molecule has 3 rings (SSSR count). The first-order chi connectivity index (χ1) is 9.26. The fraction of sp³-hybridized carbons (Fsp3) is 0.462. The highest BCUT2D eigenvalue weighted by atomic mass is 32.2. The van der Waals surface area contributed by atoms with Crippen LogP contribution in [-0.4, -0.2) is 15.1 Å². The van der Waals surface area contributed by atoms with Crippen LogP contribution < -0.4 is 5.73 Å². The van der Waals surface area contributed by atoms with E-state index in [0.717, 1.165) is 25.0 Å². The summed E-state index contributed by atoms with van der Waals surface area (Å²) in [6, 6.07) is 4.02. The molecule has 2 heterocycles. The Morgan fingerprint density at radius 3 is 2.74 bits per heavy atom. The molecule has 0 aliphatic heterocycles. The van der Waals surface area contributed by atoms with Crippen molar-refractivity contribution in [1.29, 1.82) is 0 Å². The minimum atomic E-state index is -0.336. The van der Waals surface area contributed by atoms with Crippen LogP contribution in [0.5, 0.6) is 0 Å². The van der Waals surface area contributed by atoms with Gasteiger partial charge in [0.2, 0.25) is 5.89 Å². The van der Waals surface area contributed by atoms with E-state index in [1.807, 2.05) is 12.1 Å². The molecule has 1 aliphatic carbocycles. The SMILES string of the molecule is NC1(c2noc(CSCc3ccncc3)n2)CCC1. The molecule has 2 aromatic heterocycles. The van der Waals surface area contributed by atoms with Crippen LogP contribution in [0.15, 0.2) is 29.0 Å². The fourth-order valence-corrected chi connectivity index (χ4v) is 2.85. The second kappa shape index (κ2) is 5.30. The molecule has 1 saturated carbocycles. The van der Waals surface area contributed by atoms with Gasteiger partial charge in [0.1, 0.15) is 0 Å². The Kier molecular flexibility index (Phi) is 3.52. The molecule has 2 aromatic rings. The Morgan fingerprint density at radius 1 is 1.26 bits per heavy atom. The van der Waals surface area contributed by atoms with Gasteiger partial charge in [-0.2, -0.15) is 4.98 Å². The van der Waals surface area contributed by atoms with E-state index in [1.54, 1.807) is 24.2 Å². The zero-order valence-corrected chi connectivity index (χ0v) is 11.4. The van der Waals surface area contributed by atoms with E-state index in [1.165, 1.54) is 5.56 Å². The Balaban J connectivity index is 1.53. The van der Waals surface area contributed by atoms with Gasteiger partial charge in [0.25, 0.3) is 0 Å². The monoisotopic (exact) mass is 276 g/mol. The molecule has 19 heavy (non-hydrogen) atoms. The quantitative estimate of drug-likeness (QED) is 0.902. The average molecular weight is 276 g/mol. The molecule has 6 heteroatoms. The van der Waals surface area contributed by atoms with Gasteiger partial charge >= 0.3 is 0 Å². The lowest BCUT2D eigenvalue weighted by Gasteiger charge is -2.34. The van der Waals surface area contributed by atoms with Gasteiger partial charge in [-0.1, -0.05) is 5.16 Å². The van der Waals surface area contributed by atoms with E-state index in [-0.39, 0.29) is 5.54 Å². The van der Waals surface area contributed by atoms with Crippen LogP contribution >= 0.6 is 11.8 Å². The number of hydrogen-bond acceptors (Lipinski definition) is 6. The zero-order valence-electron chi connectivity index (χ0n) is 10.6. The highest BCUT2D eigenvalue weighted by molar-refractivity contribution is 7.97. The molecule has 0 aromatic carbocycles. The fourth-order valence-electron chi connectivity index (χ4n) is 2.03. The van der Waals surface area contributed by atoms with Crippen molar-refractivity contribution < 1.29 is 4.52 Å². The van der Waals surface area contributed by atoms with Crippen LogP contribution in [0.2, 0.25) is 0 Å². The van der Waals surface area contributed by atoms with Gasteiger partial charge in [-0.05, 0) is 37.0 Å². The number of rotatable bonds is 5. The van der Waals surface area contributed by atoms with Crippen molar-refractivity contribution >= 4 is 11.8 Å². The molecule has 0 amide bonds. The number of nitrogens with zero attached hydrogens (tertiary/aromatic N) is 3. The predicted molar refractivity (Wildman–Crippen MR) is 73.3 cm³/mol. The van der Waals surface area contributed by atoms with E-state index >= 15 is 0 Å². The molecule has 0 bridgehead atoms. The second-order valence-corrected chi connectivity index (χ2v) is 5.86. The summed E-state index contributed by atoms with van der Waals surface area (Å²) in [4.78, 5) is 8.39. The molecule has 0 saturated heterocycles. The van der Waals surface area contributed by atoms with Crippen LogP contribution in [0.4, 0.5) is 0 Å². The molecule has 1 aliphatic rings. The Labute approximate surface area is 116 Å². The van der Waals surface area contributed by atoms with Gasteiger partial charge in [0, 0.05) is 18.1 Å². The second-order valence-electron chi connectivity index (χ2n) is 4.87. The lowest BCUT2D eigenvalue weighted by atomic mass is 9.77. The Hall–Kier alpha value is -1.40. The van der Waals surface area contributed by atoms with Crippen molar-refractivity contribution in [2.24, 2.45) is 5.73 Å². The third-order valence-corrected chi connectivity index (χ3v) is 4.39. The summed E-state index contributed by atoms with van der Waals surface area (Å²) in [5.41, 5.74) is 7.07. The molecule has 100 valence electrons. The first-order valence-electron chi connectivity index (χ1n) is 6.35. The summed E-state index contributed by atoms with van der Waals surface area (Å²) in [6.07, 6.45) is 6.66. The third kappa shape index (κ3) is 2.79. The Bertz CT molecular complexity index is 539. The molecule has 0 radical (unpaired) electrons. The summed E-state index contributed by atoms with van der Waals surface area (Å²) >= 11 is 1.74. The summed E-state index contributed by atoms with van der Waals surface area (Å²) in [6.45, 7) is 0. The molecule has 0 atom stereocenters. The normalized spacial score (nSPS) is 17.1. The van der Waals surface area contributed by atoms with Gasteiger partial charge in [0.05, 0.1) is 11.3 Å². The van der Waals surface area contributed by atoms with Crippen molar-refractivity contribution in [2.75, 3.05) is 0 Å². The number of nitrogens with two attached hydrogens (primary N) is 1. The minimum absolute atomic E-state index is 0.336. The smallest absolute Gasteiger partial charge is 0.236 e. The standard InChI is InChI=1S/C13H16N4OS/c14-13(4-1-5-13)12-16-11(18-17-12)9-19-8-10-2-6-15-7-3-10/h2-3,6-7H,1,4-5,8-9,14H2. The van der Waals surface area contributed by atoms with Crippen molar-refractivity contribution in [2.45, 2.75) is 36.3 Å². The van der Waals surface area contributed by atoms with E-state index in [0.29, 0.717) is 17.5 Å². The van der Waals surface area contributed by atoms with Gasteiger partial charge in [-0.3, -0.25) is 4.98 Å². The van der Waals surface area contributed by atoms with Gasteiger partial charge < -0.3 is 10.3 Å². The lowest BCUT2D eigenvalue weighted by molar-refractivity contribution is 0.229. The summed E-state index contributed by atoms with van der Waals surface area (Å²) in [5, 5.41) is 4.00. The highest BCUT2D eigenvalue weighted by Gasteiger charge is 2.38. The maximum absolute atomic E-state index is 6.16. The molecule has 0 unspecified atom stereocenters. The maximum Gasteiger partial charge on any atom is 0.236 e. The maximum atomic E-state index is 6.16. The van der Waals surface area contributed by atoms with E-state index in [2.05, 4.69) is 15.1 Å². The van der Waals surface area contributed by atoms with Crippen molar-refractivity contribution in [3.05, 3.63) is 41.8 Å². The molecular weight excluding hydrogens is 260 g/mol. The van der Waals surface area contributed by atoms with Gasteiger partial charge in [-0.15, -0.1) is 11.8 Å². The molecule has 2 N–H and O–H groups in total. The average Bonchev–Trinajstić information content (AvgIpc) is 2.86. The van der Waals surface area contributed by atoms with Crippen LogP contribution in [0.3, 0.4) is 0 Å². The highest BCUT2D eigenvalue weighted by Crippen LogP contribution is 2.37. The molecular formula is C13H16N4OS. The van der Waals surface area contributed by atoms with Crippen LogP contribution in [0.25, 0.3) is 0 Å². The molecule has 0 spiro atoms. The lowest BCUT2D eigenvalue weighted by Crippen LogP contribution is -2.44. The van der Waals surface area contributed by atoms with Crippen LogP contribution in [0, 0.1) is 0 Å². The van der Waals surface area contributed by atoms with Crippen molar-refractivity contribution in [1.82, 2.24) is 15.1 Å². The number of pyridine rings is 1. The van der Waals surface area contributed by atoms with Crippen LogP contribution in [-0.2, 0) is 17.0 Å². The largest absolute Gasteiger partial charge is 0.338 e. The van der Waals surface area contributed by atoms with Crippen LogP contribution in [0.1, 0.15) is 36.5 Å². The predicted octanol–water partition coefficient (Wildman–Crippen LogP) is 2.24. The first-order valence-corrected chi connectivity index (χ1v) is 7.50. The Morgan fingerprint density at radius 2 is 2.05 bits per heavy atom. The number of hydrogen-bond donors (Lipinski definition) is 1. The first kappa shape index (κ1) is 12.6. The van der Waals surface area contributed by atoms with Gasteiger partial charge in [0.15, 0.2) is 5.82 Å². The van der Waals surface area contributed by atoms with E-state index in [4.69, 9.17) is 10.3 Å². The topological polar surface area (TPSA) is 77.8 Å². The molecule has 1 fully saturated rings. The summed E-state index contributed by atoms with van der Waals surface area (Å²) in [5.74, 6) is 2.95. The zero-order chi connectivity index (χ0) is 13.1. The van der Waals surface area contributed by atoms with E-state index < -0.39 is 0 Å². The van der Waals surface area contributed by atoms with Crippen molar-refractivity contribution in [3.63, 3.8) is 0 Å². The molecule has 5 nitrogen and oxygen atoms in total. The third-order valence-electron chi connectivity index (χ3n) is 3.40. The summed E-state index contributed by atoms with van der Waals surface area (Å²) in [7, 11) is 0. The summed E-state index contributed by atoms with van der Waals surface area (Å²) < 4.78 is 5.25. The number of aromatic nitrogens is 3.